The molecule has 2 nitrogen and oxygen atoms in total. The molecule has 0 spiro atoms. The van der Waals surface area contributed by atoms with Crippen LogP contribution >= 0.6 is 11.6 Å². The molecule has 1 saturated carbocycles. The molecule has 1 aliphatic rings. The SMILES string of the molecule is CC1CCC(C/C=C/Cl)(C(=O)O)CC1. The van der Waals surface area contributed by atoms with Crippen molar-refractivity contribution in [2.45, 2.75) is 39.0 Å². The van der Waals surface area contributed by atoms with Gasteiger partial charge >= 0.3 is 5.97 Å². The number of carboxylic acid groups (broad SMARTS) is 1. The number of rotatable bonds is 3. The molecule has 0 radical (unpaired) electrons. The van der Waals surface area contributed by atoms with Crippen LogP contribution in [0.4, 0.5) is 0 Å². The zero-order valence-electron chi connectivity index (χ0n) is 8.50. The highest BCUT2D eigenvalue weighted by Gasteiger charge is 2.39. The predicted octanol–water partition coefficient (Wildman–Crippen LogP) is 3.41. The van der Waals surface area contributed by atoms with Crippen LogP contribution in [-0.4, -0.2) is 11.1 Å². The first-order chi connectivity index (χ1) is 6.60. The minimum absolute atomic E-state index is 0.544. The molecule has 0 aromatic rings. The van der Waals surface area contributed by atoms with E-state index in [4.69, 9.17) is 11.6 Å². The largest absolute Gasteiger partial charge is 0.481 e. The molecule has 0 aromatic heterocycles. The molecule has 0 aliphatic heterocycles. The lowest BCUT2D eigenvalue weighted by Crippen LogP contribution is -2.34. The Morgan fingerprint density at radius 2 is 2.14 bits per heavy atom. The van der Waals surface area contributed by atoms with E-state index in [0.717, 1.165) is 25.7 Å². The standard InChI is InChI=1S/C11H17ClO2/c1-9-3-6-11(7-4-9,10(13)14)5-2-8-12/h2,8-9H,3-7H2,1H3,(H,13,14)/b8-2+. The number of carbonyl (C=O) groups is 1. The van der Waals surface area contributed by atoms with Gasteiger partial charge in [0.05, 0.1) is 5.41 Å². The summed E-state index contributed by atoms with van der Waals surface area (Å²) in [5.41, 5.74) is 0.876. The van der Waals surface area contributed by atoms with E-state index >= 15 is 0 Å². The van der Waals surface area contributed by atoms with Crippen molar-refractivity contribution < 1.29 is 9.90 Å². The second-order valence-corrected chi connectivity index (χ2v) is 4.59. The van der Waals surface area contributed by atoms with E-state index < -0.39 is 11.4 Å². The van der Waals surface area contributed by atoms with Gasteiger partial charge in [-0.2, -0.15) is 0 Å². The third-order valence-electron chi connectivity index (χ3n) is 3.28. The van der Waals surface area contributed by atoms with Gasteiger partial charge in [-0.3, -0.25) is 4.79 Å². The van der Waals surface area contributed by atoms with E-state index in [0.29, 0.717) is 12.3 Å². The van der Waals surface area contributed by atoms with Crippen molar-refractivity contribution in [2.75, 3.05) is 0 Å². The fourth-order valence-corrected chi connectivity index (χ4v) is 2.18. The maximum Gasteiger partial charge on any atom is 0.309 e. The molecule has 1 fully saturated rings. The highest BCUT2D eigenvalue weighted by Crippen LogP contribution is 2.42. The number of hydrogen-bond donors (Lipinski definition) is 1. The van der Waals surface area contributed by atoms with Crippen LogP contribution < -0.4 is 0 Å². The van der Waals surface area contributed by atoms with Gasteiger partial charge in [-0.05, 0) is 38.0 Å². The van der Waals surface area contributed by atoms with Gasteiger partial charge in [0.25, 0.3) is 0 Å². The zero-order valence-corrected chi connectivity index (χ0v) is 9.26. The molecule has 0 bridgehead atoms. The summed E-state index contributed by atoms with van der Waals surface area (Å²) in [6.07, 6.45) is 5.92. The van der Waals surface area contributed by atoms with Gasteiger partial charge in [0.1, 0.15) is 0 Å². The molecule has 80 valence electrons. The molecular weight excluding hydrogens is 200 g/mol. The van der Waals surface area contributed by atoms with E-state index in [1.54, 1.807) is 6.08 Å². The van der Waals surface area contributed by atoms with E-state index in [1.807, 2.05) is 0 Å². The highest BCUT2D eigenvalue weighted by molar-refractivity contribution is 6.25. The summed E-state index contributed by atoms with van der Waals surface area (Å²) in [7, 11) is 0. The lowest BCUT2D eigenvalue weighted by atomic mass is 9.69. The van der Waals surface area contributed by atoms with Gasteiger partial charge < -0.3 is 5.11 Å². The molecule has 0 unspecified atom stereocenters. The molecular formula is C11H17ClO2. The van der Waals surface area contributed by atoms with Crippen LogP contribution in [0, 0.1) is 11.3 Å². The first kappa shape index (κ1) is 11.6. The normalized spacial score (nSPS) is 33.4. The van der Waals surface area contributed by atoms with Crippen molar-refractivity contribution in [1.82, 2.24) is 0 Å². The molecule has 0 amide bonds. The maximum absolute atomic E-state index is 11.2. The van der Waals surface area contributed by atoms with Crippen molar-refractivity contribution >= 4 is 17.6 Å². The number of aliphatic carboxylic acids is 1. The summed E-state index contributed by atoms with van der Waals surface area (Å²) in [6.45, 7) is 2.18. The van der Waals surface area contributed by atoms with Crippen molar-refractivity contribution in [1.29, 1.82) is 0 Å². The van der Waals surface area contributed by atoms with Crippen molar-refractivity contribution in [3.8, 4) is 0 Å². The topological polar surface area (TPSA) is 37.3 Å². The predicted molar refractivity (Wildman–Crippen MR) is 57.3 cm³/mol. The minimum atomic E-state index is -0.667. The van der Waals surface area contributed by atoms with E-state index in [9.17, 15) is 9.90 Å². The van der Waals surface area contributed by atoms with Gasteiger partial charge in [-0.15, -0.1) is 0 Å². The van der Waals surface area contributed by atoms with Gasteiger partial charge in [-0.25, -0.2) is 0 Å². The lowest BCUT2D eigenvalue weighted by Gasteiger charge is -2.34. The van der Waals surface area contributed by atoms with Crippen LogP contribution in [-0.2, 0) is 4.79 Å². The Labute approximate surface area is 90.0 Å². The fraction of sp³-hybridized carbons (Fsp3) is 0.727. The van der Waals surface area contributed by atoms with Crippen molar-refractivity contribution in [3.63, 3.8) is 0 Å². The number of halogens is 1. The monoisotopic (exact) mass is 216 g/mol. The average Bonchev–Trinajstić information content (AvgIpc) is 2.17. The van der Waals surface area contributed by atoms with Crippen LogP contribution in [0.2, 0.25) is 0 Å². The molecule has 3 heteroatoms. The van der Waals surface area contributed by atoms with Crippen LogP contribution in [0.5, 0.6) is 0 Å². The summed E-state index contributed by atoms with van der Waals surface area (Å²) >= 11 is 5.44. The average molecular weight is 217 g/mol. The van der Waals surface area contributed by atoms with E-state index in [-0.39, 0.29) is 0 Å². The summed E-state index contributed by atoms with van der Waals surface area (Å²) in [5.74, 6) is 0.00150. The van der Waals surface area contributed by atoms with E-state index in [2.05, 4.69) is 6.92 Å². The van der Waals surface area contributed by atoms with Crippen LogP contribution in [0.15, 0.2) is 11.6 Å². The zero-order chi connectivity index (χ0) is 10.6. The van der Waals surface area contributed by atoms with Crippen molar-refractivity contribution in [2.24, 2.45) is 11.3 Å². The Bertz CT molecular complexity index is 227. The maximum atomic E-state index is 11.2. The second kappa shape index (κ2) is 4.83. The summed E-state index contributed by atoms with van der Waals surface area (Å²) in [5, 5.41) is 9.22. The minimum Gasteiger partial charge on any atom is -0.481 e. The van der Waals surface area contributed by atoms with Crippen molar-refractivity contribution in [3.05, 3.63) is 11.6 Å². The number of hydrogen-bond acceptors (Lipinski definition) is 1. The Morgan fingerprint density at radius 3 is 2.57 bits per heavy atom. The lowest BCUT2D eigenvalue weighted by molar-refractivity contribution is -0.151. The third-order valence-corrected chi connectivity index (χ3v) is 3.46. The number of carboxylic acids is 1. The van der Waals surface area contributed by atoms with Gasteiger partial charge in [0.15, 0.2) is 0 Å². The Kier molecular flexibility index (Phi) is 3.99. The molecule has 1 N–H and O–H groups in total. The highest BCUT2D eigenvalue weighted by atomic mass is 35.5. The first-order valence-corrected chi connectivity index (χ1v) is 5.53. The molecule has 1 aliphatic carbocycles. The van der Waals surface area contributed by atoms with Gasteiger partial charge in [-0.1, -0.05) is 24.6 Å². The molecule has 1 rings (SSSR count). The van der Waals surface area contributed by atoms with Crippen LogP contribution in [0.1, 0.15) is 39.0 Å². The molecule has 14 heavy (non-hydrogen) atoms. The Morgan fingerprint density at radius 1 is 1.57 bits per heavy atom. The van der Waals surface area contributed by atoms with E-state index in [1.165, 1.54) is 5.54 Å². The first-order valence-electron chi connectivity index (χ1n) is 5.09. The van der Waals surface area contributed by atoms with Gasteiger partial charge in [0.2, 0.25) is 0 Å². The summed E-state index contributed by atoms with van der Waals surface area (Å²) < 4.78 is 0. The number of allylic oxidation sites excluding steroid dienone is 1. The molecule has 0 saturated heterocycles. The quantitative estimate of drug-likeness (QED) is 0.785. The molecule has 0 atom stereocenters. The fourth-order valence-electron chi connectivity index (χ4n) is 2.09. The van der Waals surface area contributed by atoms with Gasteiger partial charge in [0, 0.05) is 5.54 Å². The third kappa shape index (κ3) is 2.50. The Balaban J connectivity index is 2.68. The molecule has 0 heterocycles. The van der Waals surface area contributed by atoms with Crippen LogP contribution in [0.3, 0.4) is 0 Å². The summed E-state index contributed by atoms with van der Waals surface area (Å²) in [6, 6.07) is 0. The Hall–Kier alpha value is -0.500. The molecule has 0 aromatic carbocycles. The smallest absolute Gasteiger partial charge is 0.309 e. The van der Waals surface area contributed by atoms with Crippen LogP contribution in [0.25, 0.3) is 0 Å². The second-order valence-electron chi connectivity index (χ2n) is 4.33. The summed E-state index contributed by atoms with van der Waals surface area (Å²) in [4.78, 5) is 11.2.